The van der Waals surface area contributed by atoms with E-state index in [0.29, 0.717) is 0 Å². The first-order valence-corrected chi connectivity index (χ1v) is 10.1. The molecule has 3 rings (SSSR count). The van der Waals surface area contributed by atoms with Crippen LogP contribution < -0.4 is 5.32 Å². The molecule has 0 radical (unpaired) electrons. The number of alkyl halides is 1. The van der Waals surface area contributed by atoms with Gasteiger partial charge >= 0.3 is 0 Å². The summed E-state index contributed by atoms with van der Waals surface area (Å²) in [4.78, 5) is 12.7. The lowest BCUT2D eigenvalue weighted by molar-refractivity contribution is -0.0446. The van der Waals surface area contributed by atoms with Gasteiger partial charge in [-0.1, -0.05) is 46.9 Å². The monoisotopic (exact) mass is 454 g/mol. The van der Waals surface area contributed by atoms with Crippen LogP contribution in [-0.4, -0.2) is 27.2 Å². The number of aromatic nitrogens is 1. The summed E-state index contributed by atoms with van der Waals surface area (Å²) in [5, 5.41) is 13.6. The molecule has 1 amide bonds. The minimum atomic E-state index is -1.50. The Hall–Kier alpha value is -0.990. The van der Waals surface area contributed by atoms with Crippen molar-refractivity contribution in [1.82, 2.24) is 9.69 Å². The first-order valence-electron chi connectivity index (χ1n) is 8.15. The van der Waals surface area contributed by atoms with Crippen molar-refractivity contribution in [2.24, 2.45) is 0 Å². The standard InChI is InChI=1S/C17H15Cl3F2N2O2S/c18-11-9(2-1-3-10(11)22)14(17(26)6-4-8(21)5-7-17)23-16(25)13-12(19)15(20)27-24-13/h1-3,8,14,26H,4-7H2,(H,23,25)/t8-,14?,17+. The van der Waals surface area contributed by atoms with Gasteiger partial charge in [0.2, 0.25) is 0 Å². The topological polar surface area (TPSA) is 62.2 Å². The van der Waals surface area contributed by atoms with Crippen LogP contribution in [0.2, 0.25) is 14.4 Å². The van der Waals surface area contributed by atoms with Crippen LogP contribution in [0.5, 0.6) is 0 Å². The lowest BCUT2D eigenvalue weighted by atomic mass is 9.76. The van der Waals surface area contributed by atoms with E-state index in [4.69, 9.17) is 34.8 Å². The summed E-state index contributed by atoms with van der Waals surface area (Å²) in [6.45, 7) is 0. The average Bonchev–Trinajstić information content (AvgIpc) is 2.97. The SMILES string of the molecule is O=C(NC(c1cccc(F)c1Cl)[C@]1(O)CC[C@@H](F)CC1)c1nsc(Cl)c1Cl. The van der Waals surface area contributed by atoms with E-state index in [9.17, 15) is 18.7 Å². The summed E-state index contributed by atoms with van der Waals surface area (Å²) in [6.07, 6.45) is -0.621. The molecule has 0 saturated heterocycles. The minimum Gasteiger partial charge on any atom is -0.387 e. The quantitative estimate of drug-likeness (QED) is 0.653. The smallest absolute Gasteiger partial charge is 0.273 e. The molecule has 1 aliphatic rings. The second kappa shape index (κ2) is 8.17. The highest BCUT2D eigenvalue weighted by Gasteiger charge is 2.43. The maximum Gasteiger partial charge on any atom is 0.273 e. The van der Waals surface area contributed by atoms with Gasteiger partial charge in [-0.05, 0) is 48.8 Å². The third-order valence-corrected chi connectivity index (χ3v) is 6.71. The van der Waals surface area contributed by atoms with E-state index in [0.717, 1.165) is 11.5 Å². The van der Waals surface area contributed by atoms with Crippen LogP contribution in [-0.2, 0) is 0 Å². The van der Waals surface area contributed by atoms with Crippen LogP contribution in [0.15, 0.2) is 18.2 Å². The van der Waals surface area contributed by atoms with E-state index in [1.165, 1.54) is 18.2 Å². The number of carbonyl (C=O) groups excluding carboxylic acids is 1. The number of hydrogen-bond acceptors (Lipinski definition) is 4. The van der Waals surface area contributed by atoms with Crippen LogP contribution in [0, 0.1) is 5.82 Å². The van der Waals surface area contributed by atoms with Gasteiger partial charge in [-0.3, -0.25) is 4.79 Å². The van der Waals surface area contributed by atoms with Crippen molar-refractivity contribution in [3.05, 3.63) is 49.7 Å². The zero-order chi connectivity index (χ0) is 19.8. The molecule has 1 atom stereocenters. The van der Waals surface area contributed by atoms with Gasteiger partial charge in [0.05, 0.1) is 16.7 Å². The van der Waals surface area contributed by atoms with Gasteiger partial charge in [-0.25, -0.2) is 8.78 Å². The van der Waals surface area contributed by atoms with Crippen LogP contribution in [0.3, 0.4) is 0 Å². The Bertz CT molecular complexity index is 857. The fourth-order valence-electron chi connectivity index (χ4n) is 3.22. The molecule has 1 heterocycles. The number of hydrogen-bond donors (Lipinski definition) is 2. The second-order valence-corrected chi connectivity index (χ2v) is 8.58. The lowest BCUT2D eigenvalue weighted by Gasteiger charge is -2.40. The molecule has 0 bridgehead atoms. The van der Waals surface area contributed by atoms with Crippen molar-refractivity contribution in [1.29, 1.82) is 0 Å². The van der Waals surface area contributed by atoms with Crippen LogP contribution in [0.1, 0.15) is 47.8 Å². The van der Waals surface area contributed by atoms with E-state index >= 15 is 0 Å². The zero-order valence-corrected chi connectivity index (χ0v) is 16.9. The van der Waals surface area contributed by atoms with E-state index in [1.54, 1.807) is 0 Å². The molecule has 0 spiro atoms. The molecule has 1 aromatic carbocycles. The van der Waals surface area contributed by atoms with Gasteiger partial charge in [0.1, 0.15) is 21.3 Å². The number of benzene rings is 1. The Morgan fingerprint density at radius 1 is 1.30 bits per heavy atom. The predicted octanol–water partition coefficient (Wildman–Crippen LogP) is 5.36. The number of nitrogens with one attached hydrogen (secondary N) is 1. The molecule has 1 aromatic heterocycles. The summed E-state index contributed by atoms with van der Waals surface area (Å²) >= 11 is 18.8. The number of halogens is 5. The first-order chi connectivity index (χ1) is 12.7. The van der Waals surface area contributed by atoms with Crippen LogP contribution in [0.4, 0.5) is 8.78 Å². The highest BCUT2D eigenvalue weighted by atomic mass is 35.5. The van der Waals surface area contributed by atoms with Gasteiger partial charge in [0.25, 0.3) is 5.91 Å². The molecule has 1 unspecified atom stereocenters. The summed E-state index contributed by atoms with van der Waals surface area (Å²) in [7, 11) is 0. The maximum absolute atomic E-state index is 14.0. The number of nitrogens with zero attached hydrogens (tertiary/aromatic N) is 1. The van der Waals surface area contributed by atoms with Crippen molar-refractivity contribution in [3.63, 3.8) is 0 Å². The number of aliphatic hydroxyl groups is 1. The third-order valence-electron chi connectivity index (χ3n) is 4.70. The largest absolute Gasteiger partial charge is 0.387 e. The van der Waals surface area contributed by atoms with E-state index in [1.807, 2.05) is 0 Å². The fraction of sp³-hybridized carbons (Fsp3) is 0.412. The Kier molecular flexibility index (Phi) is 6.27. The third kappa shape index (κ3) is 4.22. The van der Waals surface area contributed by atoms with Crippen molar-refractivity contribution in [2.45, 2.75) is 43.5 Å². The number of rotatable bonds is 4. The lowest BCUT2D eigenvalue weighted by Crippen LogP contribution is -2.48. The summed E-state index contributed by atoms with van der Waals surface area (Å²) in [6, 6.07) is 3.03. The minimum absolute atomic E-state index is 0.0114. The predicted molar refractivity (Wildman–Crippen MR) is 102 cm³/mol. The summed E-state index contributed by atoms with van der Waals surface area (Å²) in [5.41, 5.74) is -1.41. The highest BCUT2D eigenvalue weighted by molar-refractivity contribution is 7.11. The van der Waals surface area contributed by atoms with Crippen LogP contribution in [0.25, 0.3) is 0 Å². The Labute approximate surface area is 173 Å². The molecule has 2 N–H and O–H groups in total. The number of amides is 1. The first kappa shape index (κ1) is 20.7. The van der Waals surface area contributed by atoms with Gasteiger partial charge in [0.15, 0.2) is 5.69 Å². The molecule has 4 nitrogen and oxygen atoms in total. The van der Waals surface area contributed by atoms with Crippen molar-refractivity contribution < 1.29 is 18.7 Å². The van der Waals surface area contributed by atoms with E-state index in [2.05, 4.69) is 9.69 Å². The summed E-state index contributed by atoms with van der Waals surface area (Å²) in [5.74, 6) is -1.38. The molecule has 1 saturated carbocycles. The maximum atomic E-state index is 14.0. The van der Waals surface area contributed by atoms with Gasteiger partial charge in [0, 0.05) is 0 Å². The normalized spacial score (nSPS) is 23.9. The summed E-state index contributed by atoms with van der Waals surface area (Å²) < 4.78 is 31.6. The Morgan fingerprint density at radius 2 is 1.96 bits per heavy atom. The molecule has 1 fully saturated rings. The highest BCUT2D eigenvalue weighted by Crippen LogP contribution is 2.42. The molecule has 2 aromatic rings. The Morgan fingerprint density at radius 3 is 2.56 bits per heavy atom. The molecule has 1 aliphatic carbocycles. The Balaban J connectivity index is 1.98. The van der Waals surface area contributed by atoms with Gasteiger partial charge in [-0.15, -0.1) is 0 Å². The van der Waals surface area contributed by atoms with Crippen LogP contribution >= 0.6 is 46.3 Å². The molecule has 146 valence electrons. The molecule has 10 heteroatoms. The molecular weight excluding hydrogens is 441 g/mol. The second-order valence-electron chi connectivity index (χ2n) is 6.45. The number of carbonyl (C=O) groups is 1. The van der Waals surface area contributed by atoms with Gasteiger partial charge < -0.3 is 10.4 Å². The van der Waals surface area contributed by atoms with E-state index in [-0.39, 0.29) is 51.3 Å². The van der Waals surface area contributed by atoms with Crippen molar-refractivity contribution >= 4 is 52.2 Å². The molecule has 27 heavy (non-hydrogen) atoms. The van der Waals surface area contributed by atoms with Gasteiger partial charge in [-0.2, -0.15) is 4.37 Å². The van der Waals surface area contributed by atoms with Crippen molar-refractivity contribution in [3.8, 4) is 0 Å². The molecular formula is C17H15Cl3F2N2O2S. The van der Waals surface area contributed by atoms with E-state index < -0.39 is 29.5 Å². The zero-order valence-electron chi connectivity index (χ0n) is 13.8. The average molecular weight is 456 g/mol. The fourth-order valence-corrected chi connectivity index (χ4v) is 4.45. The molecule has 0 aliphatic heterocycles. The van der Waals surface area contributed by atoms with Crippen molar-refractivity contribution in [2.75, 3.05) is 0 Å².